The third-order valence-electron chi connectivity index (χ3n) is 3.66. The first-order chi connectivity index (χ1) is 8.18. The fraction of sp³-hybridized carbons (Fsp3) is 0.571. The second-order valence-electron chi connectivity index (χ2n) is 4.97. The number of hydrogen-bond acceptors (Lipinski definition) is 3. The largest absolute Gasteiger partial charge is 0.507 e. The third-order valence-corrected chi connectivity index (χ3v) is 3.66. The molecule has 0 heterocycles. The summed E-state index contributed by atoms with van der Waals surface area (Å²) in [4.78, 5) is 0. The van der Waals surface area contributed by atoms with E-state index in [9.17, 15) is 10.2 Å². The Morgan fingerprint density at radius 2 is 2.18 bits per heavy atom. The van der Waals surface area contributed by atoms with Gasteiger partial charge in [-0.05, 0) is 31.2 Å². The summed E-state index contributed by atoms with van der Waals surface area (Å²) in [6, 6.07) is 5.79. The summed E-state index contributed by atoms with van der Waals surface area (Å²) in [5.74, 6) is 0.758. The number of aliphatic hydroxyl groups excluding tert-OH is 1. The lowest BCUT2D eigenvalue weighted by atomic mass is 10.1. The summed E-state index contributed by atoms with van der Waals surface area (Å²) in [7, 11) is 0. The smallest absolute Gasteiger partial charge is 0.122 e. The van der Waals surface area contributed by atoms with E-state index in [4.69, 9.17) is 0 Å². The molecule has 1 aromatic rings. The summed E-state index contributed by atoms with van der Waals surface area (Å²) < 4.78 is 0. The highest BCUT2D eigenvalue weighted by Crippen LogP contribution is 2.25. The quantitative estimate of drug-likeness (QED) is 0.747. The Labute approximate surface area is 102 Å². The van der Waals surface area contributed by atoms with Crippen LogP contribution in [0.15, 0.2) is 18.2 Å². The topological polar surface area (TPSA) is 52.5 Å². The van der Waals surface area contributed by atoms with Gasteiger partial charge in [0.05, 0.1) is 6.10 Å². The molecule has 0 spiro atoms. The highest BCUT2D eigenvalue weighted by atomic mass is 16.3. The van der Waals surface area contributed by atoms with Crippen LogP contribution in [-0.2, 0) is 6.54 Å². The highest BCUT2D eigenvalue weighted by molar-refractivity contribution is 5.39. The van der Waals surface area contributed by atoms with E-state index in [1.807, 2.05) is 25.1 Å². The number of rotatable bonds is 4. The summed E-state index contributed by atoms with van der Waals surface area (Å²) in [5, 5.41) is 22.9. The van der Waals surface area contributed by atoms with E-state index >= 15 is 0 Å². The fourth-order valence-electron chi connectivity index (χ4n) is 2.51. The lowest BCUT2D eigenvalue weighted by Crippen LogP contribution is -2.27. The Hall–Kier alpha value is -1.06. The number of aromatic hydroxyl groups is 1. The van der Waals surface area contributed by atoms with Gasteiger partial charge in [-0.25, -0.2) is 0 Å². The second-order valence-corrected chi connectivity index (χ2v) is 4.97. The number of aliphatic hydroxyl groups is 1. The molecule has 2 rings (SSSR count). The van der Waals surface area contributed by atoms with E-state index in [0.717, 1.165) is 36.9 Å². The number of aryl methyl sites for hydroxylation is 1. The maximum atomic E-state index is 9.85. The fourth-order valence-corrected chi connectivity index (χ4v) is 2.51. The second kappa shape index (κ2) is 5.52. The van der Waals surface area contributed by atoms with Gasteiger partial charge in [-0.2, -0.15) is 0 Å². The van der Waals surface area contributed by atoms with Crippen molar-refractivity contribution in [2.75, 3.05) is 6.54 Å². The van der Waals surface area contributed by atoms with E-state index in [0.29, 0.717) is 18.2 Å². The summed E-state index contributed by atoms with van der Waals surface area (Å²) >= 11 is 0. The normalized spacial score (nSPS) is 24.1. The number of phenols is 1. The van der Waals surface area contributed by atoms with Crippen molar-refractivity contribution in [2.24, 2.45) is 5.92 Å². The van der Waals surface area contributed by atoms with Gasteiger partial charge in [-0.15, -0.1) is 0 Å². The zero-order valence-electron chi connectivity index (χ0n) is 10.3. The molecule has 3 heteroatoms. The Morgan fingerprint density at radius 3 is 2.88 bits per heavy atom. The van der Waals surface area contributed by atoms with Crippen LogP contribution in [0.25, 0.3) is 0 Å². The first-order valence-electron chi connectivity index (χ1n) is 6.34. The summed E-state index contributed by atoms with van der Waals surface area (Å²) in [6.07, 6.45) is 3.02. The molecule has 0 amide bonds. The molecule has 3 nitrogen and oxygen atoms in total. The van der Waals surface area contributed by atoms with Gasteiger partial charge in [0.25, 0.3) is 0 Å². The molecule has 1 aliphatic carbocycles. The van der Waals surface area contributed by atoms with Crippen molar-refractivity contribution >= 4 is 0 Å². The number of phenolic OH excluding ortho intramolecular Hbond substituents is 1. The molecule has 1 aromatic carbocycles. The van der Waals surface area contributed by atoms with Gasteiger partial charge in [-0.1, -0.05) is 24.6 Å². The molecular weight excluding hydrogens is 214 g/mol. The predicted octanol–water partition coefficient (Wildman–Crippen LogP) is 1.95. The number of hydrogen-bond donors (Lipinski definition) is 3. The molecule has 0 bridgehead atoms. The summed E-state index contributed by atoms with van der Waals surface area (Å²) in [5.41, 5.74) is 1.84. The molecule has 94 valence electrons. The Morgan fingerprint density at radius 1 is 1.35 bits per heavy atom. The van der Waals surface area contributed by atoms with Gasteiger partial charge in [0.2, 0.25) is 0 Å². The van der Waals surface area contributed by atoms with Crippen LogP contribution < -0.4 is 5.32 Å². The van der Waals surface area contributed by atoms with Crippen LogP contribution in [0.2, 0.25) is 0 Å². The van der Waals surface area contributed by atoms with Crippen LogP contribution in [0.4, 0.5) is 0 Å². The van der Waals surface area contributed by atoms with Gasteiger partial charge < -0.3 is 15.5 Å². The molecule has 1 saturated carbocycles. The molecule has 1 fully saturated rings. The van der Waals surface area contributed by atoms with Crippen LogP contribution in [0, 0.1) is 12.8 Å². The average Bonchev–Trinajstić information content (AvgIpc) is 2.71. The van der Waals surface area contributed by atoms with E-state index in [2.05, 4.69) is 5.32 Å². The number of para-hydroxylation sites is 1. The van der Waals surface area contributed by atoms with Crippen LogP contribution in [0.5, 0.6) is 5.75 Å². The van der Waals surface area contributed by atoms with E-state index in [-0.39, 0.29) is 6.10 Å². The maximum absolute atomic E-state index is 9.85. The average molecular weight is 235 g/mol. The van der Waals surface area contributed by atoms with Gasteiger partial charge in [0.1, 0.15) is 5.75 Å². The maximum Gasteiger partial charge on any atom is 0.122 e. The molecule has 0 aliphatic heterocycles. The van der Waals surface area contributed by atoms with Gasteiger partial charge in [0.15, 0.2) is 0 Å². The molecule has 17 heavy (non-hydrogen) atoms. The SMILES string of the molecule is Cc1cccc(CNCC2CCCC2O)c1O. The Kier molecular flexibility index (Phi) is 4.02. The van der Waals surface area contributed by atoms with Crippen LogP contribution in [0.1, 0.15) is 30.4 Å². The molecule has 0 saturated heterocycles. The molecule has 0 aromatic heterocycles. The van der Waals surface area contributed by atoms with Crippen LogP contribution >= 0.6 is 0 Å². The zero-order valence-corrected chi connectivity index (χ0v) is 10.3. The first-order valence-corrected chi connectivity index (χ1v) is 6.34. The molecular formula is C14H21NO2. The summed E-state index contributed by atoms with van der Waals surface area (Å²) in [6.45, 7) is 3.39. The van der Waals surface area contributed by atoms with Crippen molar-refractivity contribution in [3.05, 3.63) is 29.3 Å². The van der Waals surface area contributed by atoms with Gasteiger partial charge >= 0.3 is 0 Å². The lowest BCUT2D eigenvalue weighted by molar-refractivity contribution is 0.131. The minimum Gasteiger partial charge on any atom is -0.507 e. The molecule has 0 radical (unpaired) electrons. The third kappa shape index (κ3) is 2.99. The van der Waals surface area contributed by atoms with Crippen molar-refractivity contribution in [3.63, 3.8) is 0 Å². The van der Waals surface area contributed by atoms with Gasteiger partial charge in [0, 0.05) is 18.7 Å². The first kappa shape index (κ1) is 12.4. The van der Waals surface area contributed by atoms with E-state index in [1.54, 1.807) is 0 Å². The minimum absolute atomic E-state index is 0.145. The standard InChI is InChI=1S/C14H21NO2/c1-10-4-2-6-12(14(10)17)9-15-8-11-5-3-7-13(11)16/h2,4,6,11,13,15-17H,3,5,7-9H2,1H3. The van der Waals surface area contributed by atoms with E-state index < -0.39 is 0 Å². The Bertz CT molecular complexity index is 378. The van der Waals surface area contributed by atoms with Crippen LogP contribution in [-0.4, -0.2) is 22.9 Å². The van der Waals surface area contributed by atoms with Crippen LogP contribution in [0.3, 0.4) is 0 Å². The van der Waals surface area contributed by atoms with Crippen molar-refractivity contribution in [2.45, 2.75) is 38.8 Å². The predicted molar refractivity (Wildman–Crippen MR) is 67.9 cm³/mol. The number of nitrogens with one attached hydrogen (secondary N) is 1. The Balaban J connectivity index is 1.84. The minimum atomic E-state index is -0.145. The molecule has 3 N–H and O–H groups in total. The van der Waals surface area contributed by atoms with Crippen molar-refractivity contribution in [3.8, 4) is 5.75 Å². The number of benzene rings is 1. The van der Waals surface area contributed by atoms with E-state index in [1.165, 1.54) is 0 Å². The molecule has 2 unspecified atom stereocenters. The van der Waals surface area contributed by atoms with Crippen molar-refractivity contribution in [1.82, 2.24) is 5.32 Å². The zero-order chi connectivity index (χ0) is 12.3. The monoisotopic (exact) mass is 235 g/mol. The van der Waals surface area contributed by atoms with Gasteiger partial charge in [-0.3, -0.25) is 0 Å². The highest BCUT2D eigenvalue weighted by Gasteiger charge is 2.24. The lowest BCUT2D eigenvalue weighted by Gasteiger charge is -2.15. The van der Waals surface area contributed by atoms with Crippen molar-refractivity contribution in [1.29, 1.82) is 0 Å². The molecule has 2 atom stereocenters. The molecule has 1 aliphatic rings. The van der Waals surface area contributed by atoms with Crippen molar-refractivity contribution < 1.29 is 10.2 Å².